The highest BCUT2D eigenvalue weighted by molar-refractivity contribution is 7.90. The van der Waals surface area contributed by atoms with Crippen LogP contribution in [0.1, 0.15) is 10.5 Å². The minimum atomic E-state index is -3.51. The standard InChI is InChI=1S/C12H16N4O3S/c1-13-6-7-14-11(17)10-9-5-3-4-8-16(9)12(15-10)20(2,18)19/h3-5,8,13H,6-7H2,1-2H3,(H,14,17). The van der Waals surface area contributed by atoms with Crippen molar-refractivity contribution in [2.24, 2.45) is 0 Å². The van der Waals surface area contributed by atoms with E-state index in [-0.39, 0.29) is 16.8 Å². The summed E-state index contributed by atoms with van der Waals surface area (Å²) in [5.74, 6) is -0.390. The van der Waals surface area contributed by atoms with Gasteiger partial charge in [-0.2, -0.15) is 0 Å². The average Bonchev–Trinajstić information content (AvgIpc) is 2.78. The van der Waals surface area contributed by atoms with Crippen molar-refractivity contribution in [2.45, 2.75) is 5.16 Å². The topological polar surface area (TPSA) is 92.6 Å². The van der Waals surface area contributed by atoms with Gasteiger partial charge in [-0.15, -0.1) is 0 Å². The van der Waals surface area contributed by atoms with Crippen molar-refractivity contribution in [1.82, 2.24) is 20.0 Å². The Balaban J connectivity index is 2.47. The number of pyridine rings is 1. The van der Waals surface area contributed by atoms with Crippen LogP contribution in [0.3, 0.4) is 0 Å². The third kappa shape index (κ3) is 2.81. The van der Waals surface area contributed by atoms with Crippen molar-refractivity contribution in [1.29, 1.82) is 0 Å². The lowest BCUT2D eigenvalue weighted by Gasteiger charge is -2.02. The lowest BCUT2D eigenvalue weighted by molar-refractivity contribution is 0.0951. The first-order valence-electron chi connectivity index (χ1n) is 6.05. The number of rotatable bonds is 5. The van der Waals surface area contributed by atoms with E-state index in [0.29, 0.717) is 18.6 Å². The van der Waals surface area contributed by atoms with E-state index in [4.69, 9.17) is 0 Å². The first kappa shape index (κ1) is 14.5. The molecule has 0 saturated carbocycles. The molecule has 1 amide bonds. The number of carbonyl (C=O) groups excluding carboxylic acids is 1. The Kier molecular flexibility index (Phi) is 4.05. The largest absolute Gasteiger partial charge is 0.349 e. The predicted octanol–water partition coefficient (Wildman–Crippen LogP) is -0.313. The molecule has 7 nitrogen and oxygen atoms in total. The van der Waals surface area contributed by atoms with Gasteiger partial charge in [0.25, 0.3) is 5.91 Å². The number of amides is 1. The SMILES string of the molecule is CNCCNC(=O)c1nc(S(C)(=O)=O)n2ccccc12. The molecular formula is C12H16N4O3S. The molecule has 2 aromatic heterocycles. The van der Waals surface area contributed by atoms with Gasteiger partial charge in [0.1, 0.15) is 0 Å². The molecule has 0 aromatic carbocycles. The van der Waals surface area contributed by atoms with Gasteiger partial charge in [0.15, 0.2) is 5.69 Å². The second-order valence-electron chi connectivity index (χ2n) is 4.33. The highest BCUT2D eigenvalue weighted by Crippen LogP contribution is 2.16. The van der Waals surface area contributed by atoms with Gasteiger partial charge in [0.05, 0.1) is 5.52 Å². The second kappa shape index (κ2) is 5.59. The number of hydrogen-bond donors (Lipinski definition) is 2. The van der Waals surface area contributed by atoms with Crippen LogP contribution < -0.4 is 10.6 Å². The van der Waals surface area contributed by atoms with E-state index in [1.807, 2.05) is 0 Å². The number of carbonyl (C=O) groups is 1. The maximum atomic E-state index is 12.1. The van der Waals surface area contributed by atoms with E-state index in [0.717, 1.165) is 6.26 Å². The summed E-state index contributed by atoms with van der Waals surface area (Å²) in [6.45, 7) is 1.06. The molecule has 0 bridgehead atoms. The molecule has 0 radical (unpaired) electrons. The molecule has 0 fully saturated rings. The van der Waals surface area contributed by atoms with Crippen molar-refractivity contribution < 1.29 is 13.2 Å². The highest BCUT2D eigenvalue weighted by Gasteiger charge is 2.22. The quantitative estimate of drug-likeness (QED) is 0.738. The lowest BCUT2D eigenvalue weighted by Crippen LogP contribution is -2.30. The predicted molar refractivity (Wildman–Crippen MR) is 74.6 cm³/mol. The number of aromatic nitrogens is 2. The number of fused-ring (bicyclic) bond motifs is 1. The third-order valence-electron chi connectivity index (χ3n) is 2.72. The van der Waals surface area contributed by atoms with Crippen LogP contribution >= 0.6 is 0 Å². The minimum Gasteiger partial charge on any atom is -0.349 e. The fourth-order valence-electron chi connectivity index (χ4n) is 1.82. The van der Waals surface area contributed by atoms with Crippen molar-refractivity contribution in [3.8, 4) is 0 Å². The molecule has 0 aliphatic carbocycles. The number of imidazole rings is 1. The van der Waals surface area contributed by atoms with Gasteiger partial charge < -0.3 is 10.6 Å². The van der Waals surface area contributed by atoms with Crippen LogP contribution in [0.25, 0.3) is 5.52 Å². The zero-order chi connectivity index (χ0) is 14.8. The van der Waals surface area contributed by atoms with E-state index >= 15 is 0 Å². The smallest absolute Gasteiger partial charge is 0.272 e. The summed E-state index contributed by atoms with van der Waals surface area (Å²) in [7, 11) is -1.73. The number of nitrogens with one attached hydrogen (secondary N) is 2. The molecule has 0 unspecified atom stereocenters. The molecule has 2 rings (SSSR count). The molecule has 0 saturated heterocycles. The Morgan fingerprint density at radius 2 is 2.10 bits per heavy atom. The summed E-state index contributed by atoms with van der Waals surface area (Å²) in [5, 5.41) is 5.46. The number of nitrogens with zero attached hydrogens (tertiary/aromatic N) is 2. The maximum Gasteiger partial charge on any atom is 0.272 e. The van der Waals surface area contributed by atoms with Crippen LogP contribution in [-0.2, 0) is 9.84 Å². The molecule has 0 spiro atoms. The first-order chi connectivity index (χ1) is 9.45. The van der Waals surface area contributed by atoms with Crippen LogP contribution in [0.4, 0.5) is 0 Å². The summed E-state index contributed by atoms with van der Waals surface area (Å²) >= 11 is 0. The van der Waals surface area contributed by atoms with E-state index in [1.54, 1.807) is 31.4 Å². The minimum absolute atomic E-state index is 0.113. The Morgan fingerprint density at radius 3 is 2.75 bits per heavy atom. The Bertz CT molecular complexity index is 736. The molecule has 2 heterocycles. The fourth-order valence-corrected chi connectivity index (χ4v) is 2.60. The highest BCUT2D eigenvalue weighted by atomic mass is 32.2. The van der Waals surface area contributed by atoms with E-state index < -0.39 is 9.84 Å². The first-order valence-corrected chi connectivity index (χ1v) is 7.94. The Morgan fingerprint density at radius 1 is 1.35 bits per heavy atom. The number of likely N-dealkylation sites (N-methyl/N-ethyl adjacent to an activating group) is 1. The van der Waals surface area contributed by atoms with Gasteiger partial charge >= 0.3 is 0 Å². The second-order valence-corrected chi connectivity index (χ2v) is 6.24. The van der Waals surface area contributed by atoms with E-state index in [9.17, 15) is 13.2 Å². The molecule has 2 aromatic rings. The van der Waals surface area contributed by atoms with Gasteiger partial charge in [-0.05, 0) is 19.2 Å². The summed E-state index contributed by atoms with van der Waals surface area (Å²) < 4.78 is 24.8. The van der Waals surface area contributed by atoms with Crippen molar-refractivity contribution in [3.05, 3.63) is 30.1 Å². The number of sulfone groups is 1. The monoisotopic (exact) mass is 296 g/mol. The Hall–Kier alpha value is -1.93. The molecule has 0 atom stereocenters. The fraction of sp³-hybridized carbons (Fsp3) is 0.333. The van der Waals surface area contributed by atoms with Gasteiger partial charge in [0, 0.05) is 25.5 Å². The molecule has 0 aliphatic rings. The van der Waals surface area contributed by atoms with E-state index in [2.05, 4.69) is 15.6 Å². The molecule has 0 aliphatic heterocycles. The van der Waals surface area contributed by atoms with Gasteiger partial charge in [-0.1, -0.05) is 6.07 Å². The number of hydrogen-bond acceptors (Lipinski definition) is 5. The zero-order valence-electron chi connectivity index (χ0n) is 11.3. The van der Waals surface area contributed by atoms with Crippen molar-refractivity contribution in [3.63, 3.8) is 0 Å². The van der Waals surface area contributed by atoms with Crippen molar-refractivity contribution >= 4 is 21.3 Å². The van der Waals surface area contributed by atoms with Crippen LogP contribution in [-0.4, -0.2) is 50.1 Å². The van der Waals surface area contributed by atoms with Crippen LogP contribution in [0, 0.1) is 0 Å². The van der Waals surface area contributed by atoms with Crippen molar-refractivity contribution in [2.75, 3.05) is 26.4 Å². The van der Waals surface area contributed by atoms with Gasteiger partial charge in [0.2, 0.25) is 15.0 Å². The average molecular weight is 296 g/mol. The normalized spacial score (nSPS) is 11.7. The van der Waals surface area contributed by atoms with E-state index in [1.165, 1.54) is 4.40 Å². The molecular weight excluding hydrogens is 280 g/mol. The third-order valence-corrected chi connectivity index (χ3v) is 3.67. The van der Waals surface area contributed by atoms with Crippen LogP contribution in [0.15, 0.2) is 29.6 Å². The van der Waals surface area contributed by atoms with Gasteiger partial charge in [-0.25, -0.2) is 13.4 Å². The van der Waals surface area contributed by atoms with Gasteiger partial charge in [-0.3, -0.25) is 9.20 Å². The molecule has 8 heteroatoms. The molecule has 20 heavy (non-hydrogen) atoms. The lowest BCUT2D eigenvalue weighted by atomic mass is 10.3. The summed E-state index contributed by atoms with van der Waals surface area (Å²) in [6.07, 6.45) is 2.64. The summed E-state index contributed by atoms with van der Waals surface area (Å²) in [4.78, 5) is 16.0. The Labute approximate surface area is 116 Å². The van der Waals surface area contributed by atoms with Crippen LogP contribution in [0.2, 0.25) is 0 Å². The molecule has 2 N–H and O–H groups in total. The summed E-state index contributed by atoms with van der Waals surface area (Å²) in [5.41, 5.74) is 0.581. The zero-order valence-corrected chi connectivity index (χ0v) is 12.1. The molecule has 108 valence electrons. The summed E-state index contributed by atoms with van der Waals surface area (Å²) in [6, 6.07) is 5.08. The van der Waals surface area contributed by atoms with Crippen LogP contribution in [0.5, 0.6) is 0 Å². The maximum absolute atomic E-state index is 12.1.